The third-order valence-corrected chi connectivity index (χ3v) is 0.774. The molecule has 0 spiro atoms. The molecule has 49 valence electrons. The summed E-state index contributed by atoms with van der Waals surface area (Å²) in [5.41, 5.74) is 0. The van der Waals surface area contributed by atoms with E-state index in [0.717, 1.165) is 7.05 Å². The Morgan fingerprint density at radius 2 is 1.71 bits per heavy atom. The van der Waals surface area contributed by atoms with Gasteiger partial charge < -0.3 is 0 Å². The summed E-state index contributed by atoms with van der Waals surface area (Å²) in [5, 5.41) is 0. The Bertz CT molecular complexity index is 117. The van der Waals surface area contributed by atoms with Crippen molar-refractivity contribution in [2.24, 2.45) is 0 Å². The van der Waals surface area contributed by atoms with Crippen molar-refractivity contribution in [3.63, 3.8) is 0 Å². The summed E-state index contributed by atoms with van der Waals surface area (Å²) in [4.78, 5) is 0. The Hall–Kier alpha value is 0.389. The van der Waals surface area contributed by atoms with E-state index in [4.69, 9.17) is 4.55 Å². The summed E-state index contributed by atoms with van der Waals surface area (Å²) < 4.78 is 28.2. The first-order valence-corrected chi connectivity index (χ1v) is 2.66. The van der Waals surface area contributed by atoms with Crippen molar-refractivity contribution in [2.75, 3.05) is 7.05 Å². The number of hydrogen-bond acceptors (Lipinski definition) is 2. The molecule has 0 heterocycles. The summed E-state index contributed by atoms with van der Waals surface area (Å²) in [6.07, 6.45) is 0. The van der Waals surface area contributed by atoms with Crippen molar-refractivity contribution in [1.82, 2.24) is 4.72 Å². The molecule has 0 aliphatic heterocycles. The molecule has 0 amide bonds. The first-order chi connectivity index (χ1) is 2.56. The van der Waals surface area contributed by atoms with Crippen LogP contribution in [0.1, 0.15) is 0 Å². The molecule has 0 rings (SSSR count). The molecule has 0 bridgehead atoms. The van der Waals surface area contributed by atoms with Crippen LogP contribution in [0.15, 0.2) is 0 Å². The van der Waals surface area contributed by atoms with E-state index in [9.17, 15) is 8.42 Å². The van der Waals surface area contributed by atoms with E-state index in [0.29, 0.717) is 0 Å². The molecular formula is CH5CuNO3S. The van der Waals surface area contributed by atoms with Gasteiger partial charge in [0.2, 0.25) is 0 Å². The van der Waals surface area contributed by atoms with Gasteiger partial charge in [0.05, 0.1) is 0 Å². The Balaban J connectivity index is 0. The average molecular weight is 175 g/mol. The minimum Gasteiger partial charge on any atom is -0.273 e. The summed E-state index contributed by atoms with van der Waals surface area (Å²) in [6.45, 7) is 0. The smallest absolute Gasteiger partial charge is 0.273 e. The third kappa shape index (κ3) is 10.7. The standard InChI is InChI=1S/CH5NO3S.Cu/c1-2-6(3,4)5;/h2H,1H3,(H,3,4,5);. The van der Waals surface area contributed by atoms with Crippen LogP contribution in [0, 0.1) is 0 Å². The summed E-state index contributed by atoms with van der Waals surface area (Å²) in [7, 11) is -2.79. The van der Waals surface area contributed by atoms with Crippen LogP contribution in [0.25, 0.3) is 0 Å². The van der Waals surface area contributed by atoms with Gasteiger partial charge in [0.25, 0.3) is 0 Å². The van der Waals surface area contributed by atoms with Crippen molar-refractivity contribution >= 4 is 10.3 Å². The van der Waals surface area contributed by atoms with Gasteiger partial charge in [-0.05, 0) is 0 Å². The minimum atomic E-state index is -3.91. The van der Waals surface area contributed by atoms with Crippen molar-refractivity contribution in [2.45, 2.75) is 0 Å². The molecule has 1 radical (unpaired) electrons. The second-order valence-electron chi connectivity index (χ2n) is 0.679. The molecule has 0 aliphatic carbocycles. The summed E-state index contributed by atoms with van der Waals surface area (Å²) in [6, 6.07) is 0. The zero-order chi connectivity index (χ0) is 5.21. The molecule has 0 fully saturated rings. The molecule has 0 saturated carbocycles. The molecule has 0 unspecified atom stereocenters. The van der Waals surface area contributed by atoms with E-state index in [-0.39, 0.29) is 17.1 Å². The SMILES string of the molecule is CNS(=O)(=O)O.[Cu]. The van der Waals surface area contributed by atoms with Gasteiger partial charge in [-0.3, -0.25) is 4.55 Å². The fourth-order valence-corrected chi connectivity index (χ4v) is 0. The number of nitrogens with one attached hydrogen (secondary N) is 1. The maximum absolute atomic E-state index is 9.44. The minimum absolute atomic E-state index is 0. The van der Waals surface area contributed by atoms with Crippen molar-refractivity contribution in [1.29, 1.82) is 0 Å². The average Bonchev–Trinajstić information content (AvgIpc) is 1.35. The Morgan fingerprint density at radius 3 is 1.71 bits per heavy atom. The van der Waals surface area contributed by atoms with Crippen molar-refractivity contribution < 1.29 is 30.0 Å². The normalized spacial score (nSPS) is 10.0. The van der Waals surface area contributed by atoms with Gasteiger partial charge >= 0.3 is 10.3 Å². The van der Waals surface area contributed by atoms with Crippen molar-refractivity contribution in [3.8, 4) is 0 Å². The maximum Gasteiger partial charge on any atom is 0.333 e. The van der Waals surface area contributed by atoms with Crippen LogP contribution in [0.2, 0.25) is 0 Å². The van der Waals surface area contributed by atoms with E-state index in [1.807, 2.05) is 0 Å². The molecular weight excluding hydrogens is 170 g/mol. The van der Waals surface area contributed by atoms with Crippen LogP contribution < -0.4 is 4.72 Å². The van der Waals surface area contributed by atoms with E-state index >= 15 is 0 Å². The van der Waals surface area contributed by atoms with Gasteiger partial charge in [0.1, 0.15) is 0 Å². The van der Waals surface area contributed by atoms with Crippen LogP contribution in [-0.4, -0.2) is 20.0 Å². The molecule has 0 saturated heterocycles. The predicted molar refractivity (Wildman–Crippen MR) is 20.6 cm³/mol. The largest absolute Gasteiger partial charge is 0.333 e. The summed E-state index contributed by atoms with van der Waals surface area (Å²) in [5.74, 6) is 0. The number of hydrogen-bond donors (Lipinski definition) is 2. The molecule has 7 heavy (non-hydrogen) atoms. The van der Waals surface area contributed by atoms with E-state index in [2.05, 4.69) is 0 Å². The molecule has 0 aromatic carbocycles. The van der Waals surface area contributed by atoms with Gasteiger partial charge in [0, 0.05) is 24.1 Å². The molecule has 0 aliphatic rings. The Kier molecular flexibility index (Phi) is 5.04. The van der Waals surface area contributed by atoms with Gasteiger partial charge in [-0.2, -0.15) is 13.1 Å². The quantitative estimate of drug-likeness (QED) is 0.396. The second kappa shape index (κ2) is 3.40. The molecule has 0 aromatic rings. The topological polar surface area (TPSA) is 66.4 Å². The van der Waals surface area contributed by atoms with Crippen LogP contribution >= 0.6 is 0 Å². The predicted octanol–water partition coefficient (Wildman–Crippen LogP) is -0.994. The first-order valence-electron chi connectivity index (χ1n) is 1.22. The fourth-order valence-electron chi connectivity index (χ4n) is 0. The van der Waals surface area contributed by atoms with E-state index in [1.54, 1.807) is 4.72 Å². The van der Waals surface area contributed by atoms with Gasteiger partial charge in [0.15, 0.2) is 0 Å². The van der Waals surface area contributed by atoms with Gasteiger partial charge in [-0.25, -0.2) is 0 Å². The Morgan fingerprint density at radius 1 is 1.57 bits per heavy atom. The Labute approximate surface area is 52.6 Å². The monoisotopic (exact) mass is 174 g/mol. The van der Waals surface area contributed by atoms with Crippen LogP contribution in [0.5, 0.6) is 0 Å². The molecule has 6 heteroatoms. The van der Waals surface area contributed by atoms with Crippen LogP contribution in [-0.2, 0) is 27.4 Å². The fraction of sp³-hybridized carbons (Fsp3) is 1.00. The van der Waals surface area contributed by atoms with Crippen molar-refractivity contribution in [3.05, 3.63) is 0 Å². The maximum atomic E-state index is 9.44. The van der Waals surface area contributed by atoms with Crippen LogP contribution in [0.3, 0.4) is 0 Å². The molecule has 4 nitrogen and oxygen atoms in total. The second-order valence-corrected chi connectivity index (χ2v) is 2.04. The van der Waals surface area contributed by atoms with E-state index < -0.39 is 10.3 Å². The zero-order valence-corrected chi connectivity index (χ0v) is 5.23. The zero-order valence-electron chi connectivity index (χ0n) is 3.47. The first kappa shape index (κ1) is 10.4. The van der Waals surface area contributed by atoms with Gasteiger partial charge in [-0.1, -0.05) is 0 Å². The molecule has 2 N–H and O–H groups in total. The molecule has 0 atom stereocenters. The molecule has 0 aromatic heterocycles. The number of rotatable bonds is 1. The van der Waals surface area contributed by atoms with Gasteiger partial charge in [-0.15, -0.1) is 0 Å². The van der Waals surface area contributed by atoms with E-state index in [1.165, 1.54) is 0 Å². The third-order valence-electron chi connectivity index (χ3n) is 0.258. The summed E-state index contributed by atoms with van der Waals surface area (Å²) >= 11 is 0. The van der Waals surface area contributed by atoms with Crippen LogP contribution in [0.4, 0.5) is 0 Å².